The van der Waals surface area contributed by atoms with E-state index in [4.69, 9.17) is 0 Å². The second-order valence-corrected chi connectivity index (χ2v) is 6.17. The normalized spacial score (nSPS) is 14.8. The quantitative estimate of drug-likeness (QED) is 0.706. The second kappa shape index (κ2) is 6.46. The van der Waals surface area contributed by atoms with Gasteiger partial charge in [0.15, 0.2) is 0 Å². The van der Waals surface area contributed by atoms with Gasteiger partial charge in [-0.3, -0.25) is 4.98 Å². The van der Waals surface area contributed by atoms with Crippen molar-refractivity contribution >= 4 is 28.5 Å². The Morgan fingerprint density at radius 3 is 2.52 bits per heavy atom. The van der Waals surface area contributed by atoms with E-state index in [9.17, 15) is 0 Å². The van der Waals surface area contributed by atoms with E-state index >= 15 is 0 Å². The van der Waals surface area contributed by atoms with E-state index < -0.39 is 0 Å². The highest BCUT2D eigenvalue weighted by Gasteiger charge is 2.21. The van der Waals surface area contributed by atoms with Crippen molar-refractivity contribution in [2.45, 2.75) is 0 Å². The molecule has 3 aromatic rings. The lowest BCUT2D eigenvalue weighted by molar-refractivity contribution is 0.642. The summed E-state index contributed by atoms with van der Waals surface area (Å²) >= 11 is 0. The maximum Gasteiger partial charge on any atom is 0.226 e. The van der Waals surface area contributed by atoms with Crippen LogP contribution in [0.5, 0.6) is 0 Å². The number of hydrogen-bond acceptors (Lipinski definition) is 8. The Labute approximate surface area is 146 Å². The number of piperazine rings is 1. The zero-order valence-electron chi connectivity index (χ0n) is 14.4. The van der Waals surface area contributed by atoms with E-state index in [-0.39, 0.29) is 0 Å². The molecule has 8 nitrogen and oxygen atoms in total. The van der Waals surface area contributed by atoms with E-state index in [2.05, 4.69) is 34.7 Å². The minimum Gasteiger partial charge on any atom is -0.353 e. The largest absolute Gasteiger partial charge is 0.353 e. The smallest absolute Gasteiger partial charge is 0.226 e. The van der Waals surface area contributed by atoms with Crippen LogP contribution in [0.4, 0.5) is 17.6 Å². The lowest BCUT2D eigenvalue weighted by Gasteiger charge is -2.36. The molecular weight excluding hydrogens is 316 g/mol. The van der Waals surface area contributed by atoms with Crippen molar-refractivity contribution in [3.8, 4) is 0 Å². The van der Waals surface area contributed by atoms with Gasteiger partial charge in [0, 0.05) is 58.1 Å². The molecule has 1 aliphatic heterocycles. The van der Waals surface area contributed by atoms with E-state index in [0.29, 0.717) is 0 Å². The number of rotatable bonds is 3. The molecule has 25 heavy (non-hydrogen) atoms. The van der Waals surface area contributed by atoms with Gasteiger partial charge in [-0.2, -0.15) is 4.98 Å². The summed E-state index contributed by atoms with van der Waals surface area (Å²) in [7, 11) is 3.90. The lowest BCUT2D eigenvalue weighted by atomic mass is 10.2. The summed E-state index contributed by atoms with van der Waals surface area (Å²) in [4.78, 5) is 28.4. The Morgan fingerprint density at radius 2 is 1.72 bits per heavy atom. The fraction of sp³-hybridized carbons (Fsp3) is 0.353. The maximum absolute atomic E-state index is 4.63. The summed E-state index contributed by atoms with van der Waals surface area (Å²) in [6, 6.07) is 3.94. The second-order valence-electron chi connectivity index (χ2n) is 6.17. The molecule has 4 heterocycles. The van der Waals surface area contributed by atoms with Gasteiger partial charge >= 0.3 is 0 Å². The summed E-state index contributed by atoms with van der Waals surface area (Å²) in [5.74, 6) is 2.67. The van der Waals surface area contributed by atoms with Crippen molar-refractivity contribution in [2.75, 3.05) is 55.0 Å². The third kappa shape index (κ3) is 3.02. The van der Waals surface area contributed by atoms with Crippen molar-refractivity contribution in [1.82, 2.24) is 24.9 Å². The van der Waals surface area contributed by atoms with Crippen LogP contribution in [-0.4, -0.2) is 65.2 Å². The number of aromatic nitrogens is 5. The van der Waals surface area contributed by atoms with Gasteiger partial charge in [0.1, 0.15) is 18.0 Å². The van der Waals surface area contributed by atoms with Gasteiger partial charge in [-0.15, -0.1) is 0 Å². The van der Waals surface area contributed by atoms with Crippen LogP contribution >= 0.6 is 0 Å². The van der Waals surface area contributed by atoms with Crippen LogP contribution < -0.4 is 14.7 Å². The Bertz CT molecular complexity index is 868. The van der Waals surface area contributed by atoms with Gasteiger partial charge in [-0.1, -0.05) is 0 Å². The van der Waals surface area contributed by atoms with Gasteiger partial charge in [0.05, 0.1) is 11.7 Å². The summed E-state index contributed by atoms with van der Waals surface area (Å²) in [6.07, 6.45) is 6.99. The number of pyridine rings is 1. The van der Waals surface area contributed by atoms with Crippen molar-refractivity contribution in [3.05, 3.63) is 37.1 Å². The van der Waals surface area contributed by atoms with Gasteiger partial charge in [0.25, 0.3) is 0 Å². The molecule has 0 bridgehead atoms. The van der Waals surface area contributed by atoms with Gasteiger partial charge in [-0.25, -0.2) is 15.0 Å². The number of nitrogens with zero attached hydrogens (tertiary/aromatic N) is 8. The molecule has 1 aliphatic rings. The van der Waals surface area contributed by atoms with Crippen LogP contribution in [0.3, 0.4) is 0 Å². The molecule has 0 unspecified atom stereocenters. The van der Waals surface area contributed by atoms with E-state index in [1.807, 2.05) is 37.3 Å². The topological polar surface area (TPSA) is 74.2 Å². The molecule has 1 saturated heterocycles. The van der Waals surface area contributed by atoms with Gasteiger partial charge in [0.2, 0.25) is 5.95 Å². The molecule has 1 fully saturated rings. The summed E-state index contributed by atoms with van der Waals surface area (Å²) in [6.45, 7) is 3.55. The van der Waals surface area contributed by atoms with Crippen LogP contribution in [0, 0.1) is 0 Å². The molecule has 4 rings (SSSR count). The van der Waals surface area contributed by atoms with Gasteiger partial charge in [-0.05, 0) is 12.1 Å². The molecule has 0 amide bonds. The molecule has 0 atom stereocenters. The van der Waals surface area contributed by atoms with E-state index in [1.54, 1.807) is 18.7 Å². The first kappa shape index (κ1) is 15.5. The Hall–Kier alpha value is -3.03. The Morgan fingerprint density at radius 1 is 0.920 bits per heavy atom. The molecule has 0 aromatic carbocycles. The molecule has 0 saturated carbocycles. The Balaban J connectivity index is 1.52. The van der Waals surface area contributed by atoms with Gasteiger partial charge < -0.3 is 14.7 Å². The Kier molecular flexibility index (Phi) is 4.01. The van der Waals surface area contributed by atoms with Crippen molar-refractivity contribution < 1.29 is 0 Å². The van der Waals surface area contributed by atoms with Crippen LogP contribution in [0.2, 0.25) is 0 Å². The molecule has 0 N–H and O–H groups in total. The maximum atomic E-state index is 4.63. The third-order valence-electron chi connectivity index (χ3n) is 4.35. The predicted octanol–water partition coefficient (Wildman–Crippen LogP) is 1.21. The number of fused-ring (bicyclic) bond motifs is 1. The zero-order valence-corrected chi connectivity index (χ0v) is 14.4. The average molecular weight is 336 g/mol. The average Bonchev–Trinajstić information content (AvgIpc) is 2.68. The molecule has 3 aromatic heterocycles. The molecule has 0 aliphatic carbocycles. The minimum absolute atomic E-state index is 0.731. The minimum atomic E-state index is 0.731. The lowest BCUT2D eigenvalue weighted by Crippen LogP contribution is -2.47. The first-order valence-corrected chi connectivity index (χ1v) is 8.27. The summed E-state index contributed by atoms with van der Waals surface area (Å²) in [5, 5.41) is 1.04. The van der Waals surface area contributed by atoms with Crippen molar-refractivity contribution in [2.24, 2.45) is 0 Å². The van der Waals surface area contributed by atoms with Crippen molar-refractivity contribution in [3.63, 3.8) is 0 Å². The van der Waals surface area contributed by atoms with Crippen LogP contribution in [0.1, 0.15) is 0 Å². The first-order valence-electron chi connectivity index (χ1n) is 8.27. The highest BCUT2D eigenvalue weighted by atomic mass is 15.3. The van der Waals surface area contributed by atoms with E-state index in [1.165, 1.54) is 0 Å². The van der Waals surface area contributed by atoms with Crippen molar-refractivity contribution in [1.29, 1.82) is 0 Å². The molecule has 128 valence electrons. The zero-order chi connectivity index (χ0) is 17.2. The van der Waals surface area contributed by atoms with Crippen LogP contribution in [-0.2, 0) is 0 Å². The standard InChI is InChI=1S/C17H20N8/c1-23(2)17-19-6-4-15(22-17)24-7-9-25(10-8-24)16-13-3-5-18-11-14(13)20-12-21-16/h3-6,11-12H,7-10H2,1-2H3. The van der Waals surface area contributed by atoms with Crippen LogP contribution in [0.15, 0.2) is 37.1 Å². The fourth-order valence-corrected chi connectivity index (χ4v) is 3.02. The SMILES string of the molecule is CN(C)c1nccc(N2CCN(c3ncnc4cnccc34)CC2)n1. The fourth-order valence-electron chi connectivity index (χ4n) is 3.02. The molecule has 8 heteroatoms. The third-order valence-corrected chi connectivity index (χ3v) is 4.35. The first-order chi connectivity index (χ1) is 12.2. The summed E-state index contributed by atoms with van der Waals surface area (Å²) in [5.41, 5.74) is 0.876. The molecular formula is C17H20N8. The number of hydrogen-bond donors (Lipinski definition) is 0. The van der Waals surface area contributed by atoms with Crippen LogP contribution in [0.25, 0.3) is 10.9 Å². The molecule has 0 radical (unpaired) electrons. The highest BCUT2D eigenvalue weighted by molar-refractivity contribution is 5.88. The monoisotopic (exact) mass is 336 g/mol. The number of anilines is 3. The molecule has 0 spiro atoms. The highest BCUT2D eigenvalue weighted by Crippen LogP contribution is 2.24. The summed E-state index contributed by atoms with van der Waals surface area (Å²) < 4.78 is 0. The van der Waals surface area contributed by atoms with E-state index in [0.717, 1.165) is 54.7 Å². The predicted molar refractivity (Wildman–Crippen MR) is 98.1 cm³/mol.